The van der Waals surface area contributed by atoms with Gasteiger partial charge in [-0.3, -0.25) is 4.98 Å². The molecule has 0 saturated carbocycles. The number of hydrogen-bond acceptors (Lipinski definition) is 4. The molecule has 1 unspecified atom stereocenters. The summed E-state index contributed by atoms with van der Waals surface area (Å²) in [4.78, 5) is 5.86. The van der Waals surface area contributed by atoms with Gasteiger partial charge in [0, 0.05) is 26.6 Å². The van der Waals surface area contributed by atoms with Crippen LogP contribution < -0.4 is 11.1 Å². The van der Waals surface area contributed by atoms with Gasteiger partial charge in [0.05, 0.1) is 17.2 Å². The van der Waals surface area contributed by atoms with Gasteiger partial charge in [-0.05, 0) is 52.0 Å². The summed E-state index contributed by atoms with van der Waals surface area (Å²) in [6, 6.07) is 10.5. The van der Waals surface area contributed by atoms with Crippen LogP contribution in [0.4, 0.5) is 11.4 Å². The summed E-state index contributed by atoms with van der Waals surface area (Å²) in [6.45, 7) is 2.18. The first-order valence-corrected chi connectivity index (χ1v) is 8.50. The molecule has 3 aromatic rings. The van der Waals surface area contributed by atoms with Gasteiger partial charge in [0.2, 0.25) is 0 Å². The highest BCUT2D eigenvalue weighted by molar-refractivity contribution is 9.10. The van der Waals surface area contributed by atoms with Gasteiger partial charge in [0.1, 0.15) is 0 Å². The van der Waals surface area contributed by atoms with Crippen molar-refractivity contribution in [2.45, 2.75) is 19.4 Å². The molecule has 3 nitrogen and oxygen atoms in total. The van der Waals surface area contributed by atoms with Crippen molar-refractivity contribution in [1.82, 2.24) is 4.98 Å². The van der Waals surface area contributed by atoms with Gasteiger partial charge in [-0.2, -0.15) is 0 Å². The predicted octanol–water partition coefficient (Wildman–Crippen LogP) is 5.20. The third-order valence-electron chi connectivity index (χ3n) is 3.47. The summed E-state index contributed by atoms with van der Waals surface area (Å²) >= 11 is 5.22. The molecule has 1 atom stereocenters. The summed E-state index contributed by atoms with van der Waals surface area (Å²) in [5, 5.41) is 6.67. The minimum atomic E-state index is 0.294. The number of rotatable bonds is 4. The highest BCUT2D eigenvalue weighted by atomic mass is 79.9. The van der Waals surface area contributed by atoms with E-state index < -0.39 is 0 Å². The number of nitrogens with one attached hydrogen (secondary N) is 1. The predicted molar refractivity (Wildman–Crippen MR) is 94.8 cm³/mol. The third kappa shape index (κ3) is 2.89. The van der Waals surface area contributed by atoms with Gasteiger partial charge in [-0.1, -0.05) is 13.0 Å². The van der Waals surface area contributed by atoms with Crippen LogP contribution in [-0.4, -0.2) is 4.98 Å². The molecule has 0 bridgehead atoms. The average Bonchev–Trinajstić information content (AvgIpc) is 3.01. The van der Waals surface area contributed by atoms with Gasteiger partial charge in [-0.25, -0.2) is 0 Å². The molecule has 5 heteroatoms. The molecular weight excluding hydrogens is 346 g/mol. The fourth-order valence-electron chi connectivity index (χ4n) is 2.38. The summed E-state index contributed by atoms with van der Waals surface area (Å²) in [7, 11) is 0. The molecule has 0 aliphatic carbocycles. The Labute approximate surface area is 136 Å². The van der Waals surface area contributed by atoms with Crippen LogP contribution in [0.1, 0.15) is 24.3 Å². The molecule has 108 valence electrons. The Balaban J connectivity index is 2.03. The fourth-order valence-corrected chi connectivity index (χ4v) is 3.58. The molecular formula is C16H16BrN3S. The molecule has 3 rings (SSSR count). The Kier molecular flexibility index (Phi) is 4.12. The lowest BCUT2D eigenvalue weighted by molar-refractivity contribution is 0.765. The van der Waals surface area contributed by atoms with Crippen LogP contribution in [0.3, 0.4) is 0 Å². The first-order chi connectivity index (χ1) is 10.2. The maximum absolute atomic E-state index is 6.07. The highest BCUT2D eigenvalue weighted by Crippen LogP contribution is 2.32. The van der Waals surface area contributed by atoms with Crippen molar-refractivity contribution < 1.29 is 0 Å². The highest BCUT2D eigenvalue weighted by Gasteiger charge is 2.13. The zero-order chi connectivity index (χ0) is 14.8. The van der Waals surface area contributed by atoms with Gasteiger partial charge >= 0.3 is 0 Å². The summed E-state index contributed by atoms with van der Waals surface area (Å²) < 4.78 is 0.934. The van der Waals surface area contributed by atoms with Gasteiger partial charge in [0.25, 0.3) is 0 Å². The second-order valence-electron chi connectivity index (χ2n) is 4.87. The van der Waals surface area contributed by atoms with E-state index in [1.807, 2.05) is 18.2 Å². The minimum absolute atomic E-state index is 0.294. The molecule has 21 heavy (non-hydrogen) atoms. The quantitative estimate of drug-likeness (QED) is 0.627. The molecule has 0 fully saturated rings. The zero-order valence-electron chi connectivity index (χ0n) is 11.6. The number of anilines is 2. The monoisotopic (exact) mass is 361 g/mol. The average molecular weight is 362 g/mol. The van der Waals surface area contributed by atoms with Gasteiger partial charge in [0.15, 0.2) is 0 Å². The van der Waals surface area contributed by atoms with E-state index in [2.05, 4.69) is 50.7 Å². The fraction of sp³-hybridized carbons (Fsp3) is 0.188. The van der Waals surface area contributed by atoms with E-state index in [0.717, 1.165) is 33.2 Å². The molecule has 0 radical (unpaired) electrons. The van der Waals surface area contributed by atoms with Crippen molar-refractivity contribution in [1.29, 1.82) is 0 Å². The summed E-state index contributed by atoms with van der Waals surface area (Å²) in [6.07, 6.45) is 2.82. The van der Waals surface area contributed by atoms with Crippen LogP contribution in [0.5, 0.6) is 0 Å². The van der Waals surface area contributed by atoms with E-state index in [-0.39, 0.29) is 0 Å². The van der Waals surface area contributed by atoms with Crippen LogP contribution >= 0.6 is 27.3 Å². The third-order valence-corrected chi connectivity index (χ3v) is 4.89. The second-order valence-corrected chi connectivity index (χ2v) is 6.77. The van der Waals surface area contributed by atoms with Gasteiger partial charge < -0.3 is 11.1 Å². The maximum Gasteiger partial charge on any atom is 0.0954 e. The maximum atomic E-state index is 6.07. The number of benzene rings is 1. The smallest absolute Gasteiger partial charge is 0.0954 e. The Morgan fingerprint density at radius 3 is 2.95 bits per heavy atom. The lowest BCUT2D eigenvalue weighted by Crippen LogP contribution is -2.09. The standard InChI is InChI=1S/C16H16BrN3S/c1-2-13(15-4-3-7-21-15)20-14-6-5-12(18)11-8-10(17)9-19-16(11)14/h3-9,13,20H,2,18H2,1H3. The van der Waals surface area contributed by atoms with E-state index >= 15 is 0 Å². The largest absolute Gasteiger partial charge is 0.398 e. The minimum Gasteiger partial charge on any atom is -0.398 e. The van der Waals surface area contributed by atoms with Crippen LogP contribution in [0, 0.1) is 0 Å². The van der Waals surface area contributed by atoms with Crippen LogP contribution in [0.25, 0.3) is 10.9 Å². The van der Waals surface area contributed by atoms with Crippen molar-refractivity contribution in [3.05, 3.63) is 51.3 Å². The molecule has 0 aliphatic rings. The number of pyridine rings is 1. The lowest BCUT2D eigenvalue weighted by Gasteiger charge is -2.18. The summed E-state index contributed by atoms with van der Waals surface area (Å²) in [5.41, 5.74) is 8.74. The number of hydrogen-bond donors (Lipinski definition) is 2. The Bertz CT molecular complexity index is 756. The van der Waals surface area contributed by atoms with E-state index in [9.17, 15) is 0 Å². The molecule has 2 aromatic heterocycles. The number of aromatic nitrogens is 1. The van der Waals surface area contributed by atoms with Crippen molar-refractivity contribution in [2.24, 2.45) is 0 Å². The zero-order valence-corrected chi connectivity index (χ0v) is 14.0. The number of nitrogens with zero attached hydrogens (tertiary/aromatic N) is 1. The number of nitrogens with two attached hydrogens (primary N) is 1. The van der Waals surface area contributed by atoms with E-state index in [1.165, 1.54) is 4.88 Å². The van der Waals surface area contributed by atoms with E-state index in [0.29, 0.717) is 6.04 Å². The SMILES string of the molecule is CCC(Nc1ccc(N)c2cc(Br)cnc12)c1cccs1. The van der Waals surface area contributed by atoms with Crippen LogP contribution in [0.2, 0.25) is 0 Å². The topological polar surface area (TPSA) is 50.9 Å². The lowest BCUT2D eigenvalue weighted by atomic mass is 10.1. The Hall–Kier alpha value is -1.59. The molecule has 0 saturated heterocycles. The number of nitrogen functional groups attached to an aromatic ring is 1. The van der Waals surface area contributed by atoms with Crippen molar-refractivity contribution in [2.75, 3.05) is 11.1 Å². The molecule has 0 aliphatic heterocycles. The molecule has 0 amide bonds. The molecule has 0 spiro atoms. The number of halogens is 1. The first-order valence-electron chi connectivity index (χ1n) is 6.82. The molecule has 1 aromatic carbocycles. The Morgan fingerprint density at radius 2 is 2.24 bits per heavy atom. The Morgan fingerprint density at radius 1 is 1.38 bits per heavy atom. The number of fused-ring (bicyclic) bond motifs is 1. The van der Waals surface area contributed by atoms with Gasteiger partial charge in [-0.15, -0.1) is 11.3 Å². The summed E-state index contributed by atoms with van der Waals surface area (Å²) in [5.74, 6) is 0. The van der Waals surface area contributed by atoms with E-state index in [1.54, 1.807) is 17.5 Å². The van der Waals surface area contributed by atoms with Crippen molar-refractivity contribution >= 4 is 49.5 Å². The van der Waals surface area contributed by atoms with E-state index in [4.69, 9.17) is 5.73 Å². The normalized spacial score (nSPS) is 12.5. The van der Waals surface area contributed by atoms with Crippen LogP contribution in [0.15, 0.2) is 46.4 Å². The van der Waals surface area contributed by atoms with Crippen molar-refractivity contribution in [3.63, 3.8) is 0 Å². The second kappa shape index (κ2) is 6.03. The van der Waals surface area contributed by atoms with Crippen LogP contribution in [-0.2, 0) is 0 Å². The molecule has 2 heterocycles. The molecule has 3 N–H and O–H groups in total. The number of thiophene rings is 1. The first kappa shape index (κ1) is 14.4. The van der Waals surface area contributed by atoms with Crippen molar-refractivity contribution in [3.8, 4) is 0 Å².